The molecule has 0 spiro atoms. The van der Waals surface area contributed by atoms with Crippen molar-refractivity contribution in [2.75, 3.05) is 31.4 Å². The monoisotopic (exact) mass is 338 g/mol. The topological polar surface area (TPSA) is 80.5 Å². The molecule has 0 fully saturated rings. The van der Waals surface area contributed by atoms with Crippen LogP contribution in [0.15, 0.2) is 52.9 Å². The summed E-state index contributed by atoms with van der Waals surface area (Å²) in [5.74, 6) is 0.364. The van der Waals surface area contributed by atoms with Crippen molar-refractivity contribution in [1.82, 2.24) is 10.2 Å². The number of aromatic nitrogens is 2. The maximum atomic E-state index is 12.3. The van der Waals surface area contributed by atoms with Crippen LogP contribution in [0.4, 0.5) is 11.4 Å². The highest BCUT2D eigenvalue weighted by molar-refractivity contribution is 6.01. The smallest absolute Gasteiger partial charge is 0.313 e. The molecule has 3 rings (SSSR count). The van der Waals surface area contributed by atoms with Gasteiger partial charge in [-0.2, -0.15) is 0 Å². The zero-order valence-corrected chi connectivity index (χ0v) is 14.2. The molecule has 128 valence electrons. The van der Waals surface area contributed by atoms with E-state index in [1.165, 1.54) is 0 Å². The Labute approximate surface area is 145 Å². The second-order valence-corrected chi connectivity index (χ2v) is 5.54. The molecular formula is C18H18N4O3. The highest BCUT2D eigenvalue weighted by Crippen LogP contribution is 2.23. The van der Waals surface area contributed by atoms with Crippen molar-refractivity contribution < 1.29 is 13.9 Å². The van der Waals surface area contributed by atoms with E-state index in [9.17, 15) is 4.79 Å². The zero-order chi connectivity index (χ0) is 17.8. The van der Waals surface area contributed by atoms with E-state index < -0.39 is 5.91 Å². The van der Waals surface area contributed by atoms with Gasteiger partial charge in [-0.1, -0.05) is 6.07 Å². The third kappa shape index (κ3) is 3.77. The average Bonchev–Trinajstić information content (AvgIpc) is 3.12. The average molecular weight is 338 g/mol. The maximum Gasteiger partial charge on any atom is 0.313 e. The molecule has 2 aromatic carbocycles. The Morgan fingerprint density at radius 2 is 1.88 bits per heavy atom. The lowest BCUT2D eigenvalue weighted by Crippen LogP contribution is -2.13. The minimum Gasteiger partial charge on any atom is -0.497 e. The summed E-state index contributed by atoms with van der Waals surface area (Å²) in [6, 6.07) is 14.6. The fraction of sp³-hybridized carbons (Fsp3) is 0.167. The Bertz CT molecular complexity index is 872. The number of ether oxygens (including phenoxy) is 1. The van der Waals surface area contributed by atoms with Gasteiger partial charge in [0.25, 0.3) is 0 Å². The summed E-state index contributed by atoms with van der Waals surface area (Å²) in [6.45, 7) is 0. The summed E-state index contributed by atoms with van der Waals surface area (Å²) in [7, 11) is 5.48. The van der Waals surface area contributed by atoms with Crippen molar-refractivity contribution >= 4 is 17.3 Å². The van der Waals surface area contributed by atoms with E-state index in [0.29, 0.717) is 17.0 Å². The molecule has 25 heavy (non-hydrogen) atoms. The number of hydrogen-bond acceptors (Lipinski definition) is 6. The summed E-state index contributed by atoms with van der Waals surface area (Å²) < 4.78 is 10.6. The standard InChI is InChI=1S/C18H18N4O3/c1-22(2)14-9-7-13(8-10-14)19-16(23)18-21-20-17(25-18)12-5-4-6-15(11-12)24-3/h4-11H,1-3H3,(H,19,23). The van der Waals surface area contributed by atoms with Gasteiger partial charge in [0.1, 0.15) is 5.75 Å². The van der Waals surface area contributed by atoms with Gasteiger partial charge in [-0.05, 0) is 42.5 Å². The number of benzene rings is 2. The van der Waals surface area contributed by atoms with Crippen molar-refractivity contribution in [1.29, 1.82) is 0 Å². The lowest BCUT2D eigenvalue weighted by atomic mass is 10.2. The largest absolute Gasteiger partial charge is 0.497 e. The fourth-order valence-corrected chi connectivity index (χ4v) is 2.22. The molecular weight excluding hydrogens is 320 g/mol. The first-order valence-electron chi connectivity index (χ1n) is 7.63. The van der Waals surface area contributed by atoms with E-state index in [1.807, 2.05) is 55.4 Å². The number of hydrogen-bond donors (Lipinski definition) is 1. The van der Waals surface area contributed by atoms with Crippen molar-refractivity contribution in [3.8, 4) is 17.2 Å². The molecule has 1 N–H and O–H groups in total. The third-order valence-corrected chi connectivity index (χ3v) is 3.58. The summed E-state index contributed by atoms with van der Waals surface area (Å²) in [5, 5.41) is 10.5. The van der Waals surface area contributed by atoms with Crippen molar-refractivity contribution in [3.63, 3.8) is 0 Å². The van der Waals surface area contributed by atoms with E-state index >= 15 is 0 Å². The van der Waals surface area contributed by atoms with Gasteiger partial charge in [0.2, 0.25) is 5.89 Å². The Morgan fingerprint density at radius 1 is 1.12 bits per heavy atom. The van der Waals surface area contributed by atoms with Crippen LogP contribution in [-0.2, 0) is 0 Å². The van der Waals surface area contributed by atoms with E-state index in [2.05, 4.69) is 15.5 Å². The second-order valence-electron chi connectivity index (χ2n) is 5.54. The predicted octanol–water partition coefficient (Wildman–Crippen LogP) is 3.06. The minimum atomic E-state index is -0.459. The van der Waals surface area contributed by atoms with Crippen molar-refractivity contribution in [2.45, 2.75) is 0 Å². The van der Waals surface area contributed by atoms with Crippen LogP contribution in [0, 0.1) is 0 Å². The molecule has 0 aliphatic rings. The van der Waals surface area contributed by atoms with E-state index in [1.54, 1.807) is 19.2 Å². The molecule has 0 atom stereocenters. The Kier molecular flexibility index (Phi) is 4.65. The Hall–Kier alpha value is -3.35. The van der Waals surface area contributed by atoms with Gasteiger partial charge in [-0.25, -0.2) is 0 Å². The van der Waals surface area contributed by atoms with Gasteiger partial charge in [0.15, 0.2) is 0 Å². The second kappa shape index (κ2) is 7.04. The van der Waals surface area contributed by atoms with Crippen molar-refractivity contribution in [2.24, 2.45) is 0 Å². The van der Waals surface area contributed by atoms with E-state index in [-0.39, 0.29) is 11.8 Å². The van der Waals surface area contributed by atoms with Crippen LogP contribution in [0.25, 0.3) is 11.5 Å². The van der Waals surface area contributed by atoms with E-state index in [0.717, 1.165) is 5.69 Å². The molecule has 0 aliphatic heterocycles. The summed E-state index contributed by atoms with van der Waals surface area (Å²) >= 11 is 0. The van der Waals surface area contributed by atoms with Gasteiger partial charge in [0, 0.05) is 31.0 Å². The first-order chi connectivity index (χ1) is 12.1. The molecule has 0 aliphatic carbocycles. The minimum absolute atomic E-state index is 0.102. The van der Waals surface area contributed by atoms with E-state index in [4.69, 9.17) is 9.15 Å². The van der Waals surface area contributed by atoms with Gasteiger partial charge >= 0.3 is 11.8 Å². The molecule has 1 heterocycles. The van der Waals surface area contributed by atoms with Crippen LogP contribution in [0.5, 0.6) is 5.75 Å². The molecule has 0 saturated heterocycles. The highest BCUT2D eigenvalue weighted by atomic mass is 16.5. The Morgan fingerprint density at radius 3 is 2.56 bits per heavy atom. The van der Waals surface area contributed by atoms with Crippen LogP contribution >= 0.6 is 0 Å². The quantitative estimate of drug-likeness (QED) is 0.770. The van der Waals surface area contributed by atoms with Gasteiger partial charge < -0.3 is 19.4 Å². The number of amides is 1. The molecule has 3 aromatic rings. The molecule has 0 unspecified atom stereocenters. The molecule has 7 nitrogen and oxygen atoms in total. The summed E-state index contributed by atoms with van der Waals surface area (Å²) in [6.07, 6.45) is 0. The van der Waals surface area contributed by atoms with Crippen molar-refractivity contribution in [3.05, 3.63) is 54.4 Å². The molecule has 1 amide bonds. The van der Waals surface area contributed by atoms with Crippen LogP contribution in [0.2, 0.25) is 0 Å². The van der Waals surface area contributed by atoms with Gasteiger partial charge in [0.05, 0.1) is 7.11 Å². The number of carbonyl (C=O) groups is 1. The fourth-order valence-electron chi connectivity index (χ4n) is 2.22. The zero-order valence-electron chi connectivity index (χ0n) is 14.2. The highest BCUT2D eigenvalue weighted by Gasteiger charge is 2.16. The molecule has 1 aromatic heterocycles. The summed E-state index contributed by atoms with van der Waals surface area (Å²) in [4.78, 5) is 14.2. The number of rotatable bonds is 5. The molecule has 0 radical (unpaired) electrons. The van der Waals surface area contributed by atoms with Crippen LogP contribution in [-0.4, -0.2) is 37.3 Å². The number of nitrogens with one attached hydrogen (secondary N) is 1. The lowest BCUT2D eigenvalue weighted by molar-refractivity contribution is 0.0991. The number of nitrogens with zero attached hydrogens (tertiary/aromatic N) is 3. The van der Waals surface area contributed by atoms with Crippen LogP contribution in [0.1, 0.15) is 10.7 Å². The number of anilines is 2. The normalized spacial score (nSPS) is 10.4. The number of methoxy groups -OCH3 is 1. The van der Waals surface area contributed by atoms with Crippen LogP contribution in [0.3, 0.4) is 0 Å². The Balaban J connectivity index is 1.74. The van der Waals surface area contributed by atoms with Gasteiger partial charge in [-0.15, -0.1) is 10.2 Å². The van der Waals surface area contributed by atoms with Crippen LogP contribution < -0.4 is 15.0 Å². The number of carbonyl (C=O) groups excluding carboxylic acids is 1. The predicted molar refractivity (Wildman–Crippen MR) is 95.0 cm³/mol. The third-order valence-electron chi connectivity index (χ3n) is 3.58. The lowest BCUT2D eigenvalue weighted by Gasteiger charge is -2.12. The summed E-state index contributed by atoms with van der Waals surface area (Å²) in [5.41, 5.74) is 2.37. The maximum absolute atomic E-state index is 12.3. The first-order valence-corrected chi connectivity index (χ1v) is 7.63. The molecule has 0 saturated carbocycles. The van der Waals surface area contributed by atoms with Gasteiger partial charge in [-0.3, -0.25) is 4.79 Å². The molecule has 0 bridgehead atoms. The molecule has 7 heteroatoms. The SMILES string of the molecule is COc1cccc(-c2nnc(C(=O)Nc3ccc(N(C)C)cc3)o2)c1. The first kappa shape index (κ1) is 16.5.